The van der Waals surface area contributed by atoms with E-state index in [1.807, 2.05) is 18.2 Å². The molecule has 0 amide bonds. The first-order valence-electron chi connectivity index (χ1n) is 10.4. The van der Waals surface area contributed by atoms with Gasteiger partial charge in [-0.25, -0.2) is 4.39 Å². The molecule has 3 rings (SSSR count). The van der Waals surface area contributed by atoms with Crippen molar-refractivity contribution in [3.63, 3.8) is 0 Å². The van der Waals surface area contributed by atoms with Crippen LogP contribution >= 0.6 is 0 Å². The highest BCUT2D eigenvalue weighted by Crippen LogP contribution is 2.04. The Labute approximate surface area is 172 Å². The highest BCUT2D eigenvalue weighted by atomic mass is 19.1. The third kappa shape index (κ3) is 8.25. The molecule has 6 nitrogen and oxygen atoms in total. The minimum atomic E-state index is -0.198. The Morgan fingerprint density at radius 1 is 1.07 bits per heavy atom. The normalized spacial score (nSPS) is 15.4. The van der Waals surface area contributed by atoms with E-state index in [1.165, 1.54) is 6.07 Å². The first-order valence-corrected chi connectivity index (χ1v) is 10.4. The molecule has 7 heteroatoms. The fourth-order valence-corrected chi connectivity index (χ4v) is 3.26. The number of rotatable bonds is 10. The number of furan rings is 1. The average Bonchev–Trinajstić information content (AvgIpc) is 3.25. The molecule has 0 saturated carbocycles. The summed E-state index contributed by atoms with van der Waals surface area (Å²) in [6.07, 6.45) is 4.23. The van der Waals surface area contributed by atoms with Gasteiger partial charge < -0.3 is 19.8 Å². The SMILES string of the molecule is Fc1cccc(CCNC(=NCCCN2CCOCC2)NCCc2ccco2)c1. The van der Waals surface area contributed by atoms with E-state index < -0.39 is 0 Å². The van der Waals surface area contributed by atoms with Gasteiger partial charge in [-0.3, -0.25) is 9.89 Å². The van der Waals surface area contributed by atoms with E-state index in [4.69, 9.17) is 14.1 Å². The molecule has 1 aliphatic heterocycles. The molecule has 0 radical (unpaired) electrons. The standard InChI is InChI=1S/C22H31FN4O2/c23-20-5-1-4-19(18-20)7-10-25-22(26-11-8-21-6-2-15-29-21)24-9-3-12-27-13-16-28-17-14-27/h1-2,4-6,15,18H,3,7-14,16-17H2,(H2,24,25,26). The van der Waals surface area contributed by atoms with Gasteiger partial charge in [0.2, 0.25) is 0 Å². The Balaban J connectivity index is 1.43. The van der Waals surface area contributed by atoms with Crippen LogP contribution in [0.1, 0.15) is 17.7 Å². The molecule has 1 saturated heterocycles. The summed E-state index contributed by atoms with van der Waals surface area (Å²) in [6, 6.07) is 10.6. The van der Waals surface area contributed by atoms with Crippen LogP contribution in [0, 0.1) is 5.82 Å². The van der Waals surface area contributed by atoms with Crippen LogP contribution in [0.3, 0.4) is 0 Å². The number of nitrogens with one attached hydrogen (secondary N) is 2. The van der Waals surface area contributed by atoms with Crippen LogP contribution in [0.25, 0.3) is 0 Å². The van der Waals surface area contributed by atoms with Gasteiger partial charge in [0, 0.05) is 45.7 Å². The maximum absolute atomic E-state index is 13.3. The second-order valence-electron chi connectivity index (χ2n) is 7.10. The zero-order valence-corrected chi connectivity index (χ0v) is 16.9. The molecule has 0 aliphatic carbocycles. The van der Waals surface area contributed by atoms with Gasteiger partial charge in [-0.2, -0.15) is 0 Å². The van der Waals surface area contributed by atoms with E-state index in [9.17, 15) is 4.39 Å². The van der Waals surface area contributed by atoms with E-state index >= 15 is 0 Å². The van der Waals surface area contributed by atoms with Crippen molar-refractivity contribution in [1.29, 1.82) is 0 Å². The third-order valence-corrected chi connectivity index (χ3v) is 4.85. The van der Waals surface area contributed by atoms with E-state index in [1.54, 1.807) is 18.4 Å². The van der Waals surface area contributed by atoms with Crippen molar-refractivity contribution in [2.24, 2.45) is 4.99 Å². The monoisotopic (exact) mass is 402 g/mol. The van der Waals surface area contributed by atoms with Gasteiger partial charge in [-0.15, -0.1) is 0 Å². The van der Waals surface area contributed by atoms with Gasteiger partial charge in [0.15, 0.2) is 5.96 Å². The number of aliphatic imine (C=N–C) groups is 1. The first-order chi connectivity index (χ1) is 14.3. The number of benzene rings is 1. The van der Waals surface area contributed by atoms with Crippen molar-refractivity contribution in [2.45, 2.75) is 19.3 Å². The van der Waals surface area contributed by atoms with E-state index in [0.29, 0.717) is 6.54 Å². The molecular formula is C22H31FN4O2. The van der Waals surface area contributed by atoms with Gasteiger partial charge in [-0.05, 0) is 42.7 Å². The largest absolute Gasteiger partial charge is 0.469 e. The summed E-state index contributed by atoms with van der Waals surface area (Å²) in [5.41, 5.74) is 0.972. The fraction of sp³-hybridized carbons (Fsp3) is 0.500. The Kier molecular flexibility index (Phi) is 9.00. The molecule has 0 unspecified atom stereocenters. The number of morpholine rings is 1. The minimum Gasteiger partial charge on any atom is -0.469 e. The molecule has 2 aromatic rings. The highest BCUT2D eigenvalue weighted by molar-refractivity contribution is 5.79. The van der Waals surface area contributed by atoms with E-state index in [0.717, 1.165) is 82.5 Å². The zero-order chi connectivity index (χ0) is 20.2. The summed E-state index contributed by atoms with van der Waals surface area (Å²) in [6.45, 7) is 6.88. The Morgan fingerprint density at radius 3 is 2.66 bits per heavy atom. The average molecular weight is 403 g/mol. The molecule has 2 N–H and O–H groups in total. The topological polar surface area (TPSA) is 62.0 Å². The molecule has 0 atom stereocenters. The van der Waals surface area contributed by atoms with Crippen molar-refractivity contribution in [2.75, 3.05) is 52.5 Å². The number of halogens is 1. The van der Waals surface area contributed by atoms with Crippen molar-refractivity contribution in [3.05, 3.63) is 59.8 Å². The lowest BCUT2D eigenvalue weighted by Crippen LogP contribution is -2.40. The first kappa shape index (κ1) is 21.3. The van der Waals surface area contributed by atoms with Crippen LogP contribution < -0.4 is 10.6 Å². The maximum Gasteiger partial charge on any atom is 0.191 e. The van der Waals surface area contributed by atoms with Crippen molar-refractivity contribution < 1.29 is 13.5 Å². The molecule has 29 heavy (non-hydrogen) atoms. The highest BCUT2D eigenvalue weighted by Gasteiger charge is 2.09. The zero-order valence-electron chi connectivity index (χ0n) is 16.9. The van der Waals surface area contributed by atoms with Gasteiger partial charge in [0.25, 0.3) is 0 Å². The van der Waals surface area contributed by atoms with E-state index in [2.05, 4.69) is 15.5 Å². The second kappa shape index (κ2) is 12.2. The molecule has 1 aromatic carbocycles. The van der Waals surface area contributed by atoms with Crippen LogP contribution in [0.15, 0.2) is 52.1 Å². The molecule has 2 heterocycles. The Morgan fingerprint density at radius 2 is 1.90 bits per heavy atom. The van der Waals surface area contributed by atoms with Crippen molar-refractivity contribution >= 4 is 5.96 Å². The summed E-state index contributed by atoms with van der Waals surface area (Å²) in [4.78, 5) is 7.12. The summed E-state index contributed by atoms with van der Waals surface area (Å²) in [5, 5.41) is 6.72. The molecule has 1 aliphatic rings. The smallest absolute Gasteiger partial charge is 0.191 e. The minimum absolute atomic E-state index is 0.198. The Hall–Kier alpha value is -2.38. The maximum atomic E-state index is 13.3. The van der Waals surface area contributed by atoms with Crippen LogP contribution in [-0.4, -0.2) is 63.3 Å². The molecule has 1 aromatic heterocycles. The summed E-state index contributed by atoms with van der Waals surface area (Å²) in [5.74, 6) is 1.54. The van der Waals surface area contributed by atoms with Crippen LogP contribution in [0.4, 0.5) is 4.39 Å². The second-order valence-corrected chi connectivity index (χ2v) is 7.10. The van der Waals surface area contributed by atoms with Crippen molar-refractivity contribution in [1.82, 2.24) is 15.5 Å². The van der Waals surface area contributed by atoms with Gasteiger partial charge >= 0.3 is 0 Å². The van der Waals surface area contributed by atoms with Gasteiger partial charge in [0.1, 0.15) is 11.6 Å². The molecule has 158 valence electrons. The number of ether oxygens (including phenoxy) is 1. The van der Waals surface area contributed by atoms with Crippen LogP contribution in [-0.2, 0) is 17.6 Å². The van der Waals surface area contributed by atoms with Gasteiger partial charge in [-0.1, -0.05) is 12.1 Å². The van der Waals surface area contributed by atoms with Gasteiger partial charge in [0.05, 0.1) is 19.5 Å². The lowest BCUT2D eigenvalue weighted by molar-refractivity contribution is 0.0377. The summed E-state index contributed by atoms with van der Waals surface area (Å²) in [7, 11) is 0. The predicted molar refractivity (Wildman–Crippen MR) is 113 cm³/mol. The molecule has 1 fully saturated rings. The quantitative estimate of drug-likeness (QED) is 0.363. The number of guanidine groups is 1. The Bertz CT molecular complexity index is 730. The van der Waals surface area contributed by atoms with E-state index in [-0.39, 0.29) is 5.82 Å². The summed E-state index contributed by atoms with van der Waals surface area (Å²) >= 11 is 0. The molecule has 0 bridgehead atoms. The lowest BCUT2D eigenvalue weighted by Gasteiger charge is -2.26. The van der Waals surface area contributed by atoms with Crippen LogP contribution in [0.2, 0.25) is 0 Å². The molecular weight excluding hydrogens is 371 g/mol. The number of nitrogens with zero attached hydrogens (tertiary/aromatic N) is 2. The predicted octanol–water partition coefficient (Wildman–Crippen LogP) is 2.46. The van der Waals surface area contributed by atoms with Crippen LogP contribution in [0.5, 0.6) is 0 Å². The third-order valence-electron chi connectivity index (χ3n) is 4.85. The lowest BCUT2D eigenvalue weighted by atomic mass is 10.1. The van der Waals surface area contributed by atoms with Crippen molar-refractivity contribution in [3.8, 4) is 0 Å². The fourth-order valence-electron chi connectivity index (χ4n) is 3.26. The number of hydrogen-bond acceptors (Lipinski definition) is 4. The number of hydrogen-bond donors (Lipinski definition) is 2. The molecule has 0 spiro atoms. The summed E-state index contributed by atoms with van der Waals surface area (Å²) < 4.78 is 24.1.